The average Bonchev–Trinajstić information content (AvgIpc) is 3.39. The Labute approximate surface area is 280 Å². The van der Waals surface area contributed by atoms with Crippen molar-refractivity contribution in [3.05, 3.63) is 63.2 Å². The number of rotatable bonds is 9. The maximum Gasteiger partial charge on any atom is 0.416 e. The van der Waals surface area contributed by atoms with Gasteiger partial charge in [-0.3, -0.25) is 4.79 Å². The van der Waals surface area contributed by atoms with Gasteiger partial charge < -0.3 is 14.5 Å². The summed E-state index contributed by atoms with van der Waals surface area (Å²) in [6.07, 6.45) is -4.93. The molecule has 0 N–H and O–H groups in total. The van der Waals surface area contributed by atoms with Crippen LogP contribution in [0.3, 0.4) is 0 Å². The van der Waals surface area contributed by atoms with Gasteiger partial charge in [0.2, 0.25) is 0 Å². The molecule has 0 saturated heterocycles. The number of carbonyl (C=O) groups is 1. The van der Waals surface area contributed by atoms with E-state index in [2.05, 4.69) is 20.3 Å². The second-order valence-corrected chi connectivity index (χ2v) is 13.3. The van der Waals surface area contributed by atoms with Crippen molar-refractivity contribution in [2.75, 3.05) is 30.0 Å². The smallest absolute Gasteiger partial charge is 0.416 e. The molecule has 8 nitrogen and oxygen atoms in total. The van der Waals surface area contributed by atoms with Gasteiger partial charge in [0.05, 0.1) is 31.3 Å². The minimum atomic E-state index is -5.00. The number of aromatic nitrogens is 4. The molecule has 0 spiro atoms. The monoisotopic (exact) mass is 698 g/mol. The fourth-order valence-electron chi connectivity index (χ4n) is 7.44. The van der Waals surface area contributed by atoms with Gasteiger partial charge in [-0.25, -0.2) is 4.39 Å². The van der Waals surface area contributed by atoms with Crippen LogP contribution in [0, 0.1) is 25.7 Å². The number of anilines is 2. The molecule has 1 atom stereocenters. The van der Waals surface area contributed by atoms with E-state index in [1.54, 1.807) is 11.8 Å². The van der Waals surface area contributed by atoms with Crippen LogP contribution < -0.4 is 9.80 Å². The van der Waals surface area contributed by atoms with Crippen LogP contribution in [-0.2, 0) is 42.2 Å². The fraction of sp³-hybridized carbons (Fsp3) is 0.588. The van der Waals surface area contributed by atoms with Crippen LogP contribution in [0.5, 0.6) is 0 Å². The van der Waals surface area contributed by atoms with Gasteiger partial charge in [0, 0.05) is 31.7 Å². The Morgan fingerprint density at radius 1 is 0.959 bits per heavy atom. The number of halogens is 7. The van der Waals surface area contributed by atoms with E-state index in [1.165, 1.54) is 19.0 Å². The minimum Gasteiger partial charge on any atom is -0.469 e. The summed E-state index contributed by atoms with van der Waals surface area (Å²) in [7, 11) is 2.90. The zero-order valence-corrected chi connectivity index (χ0v) is 28.0. The quantitative estimate of drug-likeness (QED) is 0.165. The third-order valence-electron chi connectivity index (χ3n) is 9.90. The maximum atomic E-state index is 14.5. The van der Waals surface area contributed by atoms with Gasteiger partial charge >= 0.3 is 18.3 Å². The molecule has 1 saturated carbocycles. The van der Waals surface area contributed by atoms with Crippen molar-refractivity contribution in [1.82, 2.24) is 20.2 Å². The lowest BCUT2D eigenvalue weighted by molar-refractivity contribution is -0.143. The van der Waals surface area contributed by atoms with Gasteiger partial charge in [-0.1, -0.05) is 11.2 Å². The van der Waals surface area contributed by atoms with Crippen molar-refractivity contribution < 1.29 is 40.3 Å². The summed E-state index contributed by atoms with van der Waals surface area (Å²) in [6, 6.07) is 2.87. The van der Waals surface area contributed by atoms with Crippen LogP contribution in [0.25, 0.3) is 0 Å². The summed E-state index contributed by atoms with van der Waals surface area (Å²) in [5.74, 6) is 0.402. The number of hydrogen-bond acceptors (Lipinski definition) is 7. The van der Waals surface area contributed by atoms with E-state index in [4.69, 9.17) is 4.74 Å². The topological polar surface area (TPSA) is 76.4 Å². The molecule has 2 heterocycles. The van der Waals surface area contributed by atoms with Crippen LogP contribution >= 0.6 is 0 Å². The Bertz CT molecular complexity index is 1600. The molecule has 0 radical (unpaired) electrons. The number of carbonyl (C=O) groups excluding carboxylic acids is 1. The Morgan fingerprint density at radius 3 is 2.14 bits per heavy atom. The van der Waals surface area contributed by atoms with Crippen molar-refractivity contribution in [1.29, 1.82) is 0 Å². The fourth-order valence-corrected chi connectivity index (χ4v) is 7.44. The number of ether oxygens (including phenoxy) is 1. The molecule has 2 aliphatic rings. The summed E-state index contributed by atoms with van der Waals surface area (Å²) in [6.45, 7) is 3.90. The highest BCUT2D eigenvalue weighted by molar-refractivity contribution is 5.69. The minimum absolute atomic E-state index is 0.0478. The molecule has 1 fully saturated rings. The molecule has 49 heavy (non-hydrogen) atoms. The Kier molecular flexibility index (Phi) is 10.8. The summed E-state index contributed by atoms with van der Waals surface area (Å²) in [5, 5.41) is 12.4. The van der Waals surface area contributed by atoms with Gasteiger partial charge in [0.1, 0.15) is 6.67 Å². The average molecular weight is 699 g/mol. The van der Waals surface area contributed by atoms with E-state index in [0.717, 1.165) is 54.6 Å². The van der Waals surface area contributed by atoms with Crippen molar-refractivity contribution in [2.45, 2.75) is 90.4 Å². The first-order chi connectivity index (χ1) is 23.1. The van der Waals surface area contributed by atoms with Crippen molar-refractivity contribution in [2.24, 2.45) is 18.9 Å². The first-order valence-corrected chi connectivity index (χ1v) is 16.4. The number of aryl methyl sites for hydroxylation is 2. The van der Waals surface area contributed by atoms with E-state index < -0.39 is 36.2 Å². The van der Waals surface area contributed by atoms with E-state index in [-0.39, 0.29) is 36.0 Å². The number of nitrogens with zero attached hydrogens (tertiary/aromatic N) is 6. The molecule has 268 valence electrons. The first-order valence-electron chi connectivity index (χ1n) is 16.4. The van der Waals surface area contributed by atoms with E-state index >= 15 is 0 Å². The standard InChI is InChI=1S/C34H41F7N6O2/c1-20-12-27-29(47(32-42-44-45(3)43-32)19-24-13-25(33(36,37)38)16-26(14-24)34(39,40)41)6-5-11-46(31(27)21(2)28(20)17-35)18-23-9-7-22(8-10-23)15-30(48)49-4/h12-14,16,22-23,29H,5-11,15,17-19H2,1-4H3/t22-,23-,29-/m0/s1. The molecular formula is C34H41F7N6O2. The third kappa shape index (κ3) is 8.29. The van der Waals surface area contributed by atoms with Gasteiger partial charge in [0.25, 0.3) is 5.95 Å². The second-order valence-electron chi connectivity index (χ2n) is 13.3. The number of fused-ring (bicyclic) bond motifs is 1. The molecule has 0 amide bonds. The molecule has 0 bridgehead atoms. The molecule has 1 aromatic heterocycles. The van der Waals surface area contributed by atoms with Crippen LogP contribution in [0.1, 0.15) is 89.9 Å². The molecule has 15 heteroatoms. The first kappa shape index (κ1) is 36.4. The number of tetrazole rings is 1. The predicted octanol–water partition coefficient (Wildman–Crippen LogP) is 8.05. The third-order valence-corrected chi connectivity index (χ3v) is 9.90. The highest BCUT2D eigenvalue weighted by Crippen LogP contribution is 2.45. The lowest BCUT2D eigenvalue weighted by atomic mass is 9.80. The molecule has 2 aromatic carbocycles. The van der Waals surface area contributed by atoms with Gasteiger partial charge in [-0.05, 0) is 115 Å². The van der Waals surface area contributed by atoms with Gasteiger partial charge in [-0.2, -0.15) is 31.1 Å². The SMILES string of the molecule is COC(=O)C[C@H]1CC[C@H](CN2CCC[C@H](N(Cc3cc(C(F)(F)F)cc(C(F)(F)F)c3)c3nnn(C)n3)c3cc(C)c(CF)c(C)c32)CC1. The number of hydrogen-bond donors (Lipinski definition) is 0. The van der Waals surface area contributed by atoms with Gasteiger partial charge in [-0.15, -0.1) is 5.10 Å². The predicted molar refractivity (Wildman–Crippen MR) is 168 cm³/mol. The number of esters is 1. The highest BCUT2D eigenvalue weighted by Gasteiger charge is 2.38. The van der Waals surface area contributed by atoms with E-state index in [9.17, 15) is 35.5 Å². The highest BCUT2D eigenvalue weighted by atomic mass is 19.4. The summed E-state index contributed by atoms with van der Waals surface area (Å²) in [5.41, 5.74) is 0.548. The Balaban J connectivity index is 1.55. The molecular weight excluding hydrogens is 657 g/mol. The Morgan fingerprint density at radius 2 is 1.59 bits per heavy atom. The molecule has 3 aromatic rings. The number of alkyl halides is 7. The number of benzene rings is 2. The Hall–Kier alpha value is -3.91. The molecule has 1 aliphatic carbocycles. The number of methoxy groups -OCH3 is 1. The van der Waals surface area contributed by atoms with Gasteiger partial charge in [0.15, 0.2) is 0 Å². The summed E-state index contributed by atoms with van der Waals surface area (Å²) < 4.78 is 102. The van der Waals surface area contributed by atoms with E-state index in [1.807, 2.05) is 13.0 Å². The maximum absolute atomic E-state index is 14.5. The van der Waals surface area contributed by atoms with Crippen LogP contribution in [0.2, 0.25) is 0 Å². The lowest BCUT2D eigenvalue weighted by Crippen LogP contribution is -2.34. The van der Waals surface area contributed by atoms with Crippen molar-refractivity contribution >= 4 is 17.6 Å². The summed E-state index contributed by atoms with van der Waals surface area (Å²) in [4.78, 5) is 16.9. The van der Waals surface area contributed by atoms with Crippen molar-refractivity contribution in [3.8, 4) is 0 Å². The molecule has 0 unspecified atom stereocenters. The molecule has 5 rings (SSSR count). The normalized spacial score (nSPS) is 20.1. The van der Waals surface area contributed by atoms with Crippen LogP contribution in [-0.4, -0.2) is 46.4 Å². The lowest BCUT2D eigenvalue weighted by Gasteiger charge is -2.36. The zero-order chi connectivity index (χ0) is 35.7. The van der Waals surface area contributed by atoms with Crippen molar-refractivity contribution in [3.63, 3.8) is 0 Å². The molecule has 1 aliphatic heterocycles. The summed E-state index contributed by atoms with van der Waals surface area (Å²) >= 11 is 0. The van der Waals surface area contributed by atoms with Crippen LogP contribution in [0.4, 0.5) is 42.4 Å². The van der Waals surface area contributed by atoms with Crippen LogP contribution in [0.15, 0.2) is 24.3 Å². The zero-order valence-electron chi connectivity index (χ0n) is 28.0. The largest absolute Gasteiger partial charge is 0.469 e. The second kappa shape index (κ2) is 14.5. The van der Waals surface area contributed by atoms with E-state index in [0.29, 0.717) is 49.4 Å².